The number of para-hydroxylation sites is 1. The summed E-state index contributed by atoms with van der Waals surface area (Å²) < 4.78 is 8.06. The number of hydrogen-bond acceptors (Lipinski definition) is 3. The summed E-state index contributed by atoms with van der Waals surface area (Å²) in [4.78, 5) is 0. The molecule has 0 bridgehead atoms. The Morgan fingerprint density at radius 3 is 2.70 bits per heavy atom. The summed E-state index contributed by atoms with van der Waals surface area (Å²) in [5.41, 5.74) is 4.76. The zero-order valence-corrected chi connectivity index (χ0v) is 14.2. The molecule has 102 valence electrons. The van der Waals surface area contributed by atoms with E-state index in [-0.39, 0.29) is 6.04 Å². The highest BCUT2D eigenvalue weighted by molar-refractivity contribution is 14.1. The second-order valence-electron chi connectivity index (χ2n) is 4.45. The summed E-state index contributed by atoms with van der Waals surface area (Å²) in [6.45, 7) is 0. The van der Waals surface area contributed by atoms with Crippen molar-refractivity contribution in [3.8, 4) is 0 Å². The first-order valence-electron chi connectivity index (χ1n) is 6.08. The Morgan fingerprint density at radius 1 is 1.15 bits per heavy atom. The smallest absolute Gasteiger partial charge is 0.134 e. The largest absolute Gasteiger partial charge is 0.459 e. The molecule has 0 aliphatic heterocycles. The molecule has 0 aliphatic rings. The first kappa shape index (κ1) is 14.1. The molecule has 20 heavy (non-hydrogen) atoms. The molecule has 3 N–H and O–H groups in total. The van der Waals surface area contributed by atoms with Crippen molar-refractivity contribution < 1.29 is 4.42 Å². The molecule has 3 nitrogen and oxygen atoms in total. The van der Waals surface area contributed by atoms with Crippen molar-refractivity contribution in [2.75, 3.05) is 0 Å². The lowest BCUT2D eigenvalue weighted by Crippen LogP contribution is -2.28. The Labute approximate surface area is 138 Å². The van der Waals surface area contributed by atoms with Crippen molar-refractivity contribution in [1.29, 1.82) is 0 Å². The molecule has 2 aromatic carbocycles. The van der Waals surface area contributed by atoms with Gasteiger partial charge in [-0.15, -0.1) is 0 Å². The Hall–Kier alpha value is -0.890. The molecule has 3 aromatic rings. The molecule has 1 atom stereocenters. The number of halogens is 2. The standard InChI is InChI=1S/C15H12BrIN2O/c16-12-6-5-10(17)8-11(12)15(19-18)14-7-9-3-1-2-4-13(9)20-14/h1-8,15,19H,18H2. The van der Waals surface area contributed by atoms with Crippen LogP contribution in [-0.4, -0.2) is 0 Å². The van der Waals surface area contributed by atoms with E-state index in [4.69, 9.17) is 10.3 Å². The number of benzene rings is 2. The lowest BCUT2D eigenvalue weighted by molar-refractivity contribution is 0.476. The summed E-state index contributed by atoms with van der Waals surface area (Å²) in [6.07, 6.45) is 0. The topological polar surface area (TPSA) is 51.2 Å². The van der Waals surface area contributed by atoms with E-state index in [1.54, 1.807) is 0 Å². The van der Waals surface area contributed by atoms with E-state index in [9.17, 15) is 0 Å². The fourth-order valence-corrected chi connectivity index (χ4v) is 3.20. The summed E-state index contributed by atoms with van der Waals surface area (Å²) >= 11 is 5.86. The molecule has 3 rings (SSSR count). The molecule has 0 aliphatic carbocycles. The summed E-state index contributed by atoms with van der Waals surface area (Å²) in [7, 11) is 0. The zero-order valence-electron chi connectivity index (χ0n) is 10.4. The Kier molecular flexibility index (Phi) is 4.11. The van der Waals surface area contributed by atoms with Crippen molar-refractivity contribution >= 4 is 49.5 Å². The van der Waals surface area contributed by atoms with Crippen LogP contribution < -0.4 is 11.3 Å². The van der Waals surface area contributed by atoms with Gasteiger partial charge in [-0.1, -0.05) is 34.1 Å². The monoisotopic (exact) mass is 442 g/mol. The summed E-state index contributed by atoms with van der Waals surface area (Å²) in [5.74, 6) is 6.55. The second-order valence-corrected chi connectivity index (χ2v) is 6.55. The van der Waals surface area contributed by atoms with Gasteiger partial charge >= 0.3 is 0 Å². The number of rotatable bonds is 3. The zero-order chi connectivity index (χ0) is 14.1. The van der Waals surface area contributed by atoms with Crippen LogP contribution in [0.3, 0.4) is 0 Å². The van der Waals surface area contributed by atoms with Crippen molar-refractivity contribution in [1.82, 2.24) is 5.43 Å². The van der Waals surface area contributed by atoms with Gasteiger partial charge in [0.25, 0.3) is 0 Å². The van der Waals surface area contributed by atoms with Gasteiger partial charge in [0.1, 0.15) is 17.4 Å². The third-order valence-electron chi connectivity index (χ3n) is 3.16. The minimum Gasteiger partial charge on any atom is -0.459 e. The van der Waals surface area contributed by atoms with Crippen LogP contribution in [0.2, 0.25) is 0 Å². The van der Waals surface area contributed by atoms with E-state index in [0.717, 1.165) is 30.3 Å². The molecule has 5 heteroatoms. The van der Waals surface area contributed by atoms with Crippen LogP contribution in [0, 0.1) is 3.57 Å². The normalized spacial score (nSPS) is 12.8. The van der Waals surface area contributed by atoms with Gasteiger partial charge < -0.3 is 4.42 Å². The third-order valence-corrected chi connectivity index (χ3v) is 4.56. The Morgan fingerprint density at radius 2 is 1.95 bits per heavy atom. The first-order valence-corrected chi connectivity index (χ1v) is 7.96. The fourth-order valence-electron chi connectivity index (χ4n) is 2.21. The van der Waals surface area contributed by atoms with Crippen molar-refractivity contribution in [2.24, 2.45) is 5.84 Å². The highest BCUT2D eigenvalue weighted by Gasteiger charge is 2.19. The van der Waals surface area contributed by atoms with Crippen LogP contribution in [-0.2, 0) is 0 Å². The van der Waals surface area contributed by atoms with Gasteiger partial charge in [0.15, 0.2) is 0 Å². The second kappa shape index (κ2) is 5.85. The van der Waals surface area contributed by atoms with Gasteiger partial charge in [0.05, 0.1) is 0 Å². The predicted octanol–water partition coefficient (Wildman–Crippen LogP) is 4.35. The van der Waals surface area contributed by atoms with Crippen molar-refractivity contribution in [3.05, 3.63) is 67.9 Å². The lowest BCUT2D eigenvalue weighted by atomic mass is 10.1. The molecular weight excluding hydrogens is 431 g/mol. The molecule has 0 amide bonds. The van der Waals surface area contributed by atoms with E-state index >= 15 is 0 Å². The van der Waals surface area contributed by atoms with Gasteiger partial charge in [-0.25, -0.2) is 5.43 Å². The molecule has 0 spiro atoms. The third kappa shape index (κ3) is 2.63. The van der Waals surface area contributed by atoms with Crippen LogP contribution in [0.5, 0.6) is 0 Å². The molecule has 1 heterocycles. The van der Waals surface area contributed by atoms with Crippen LogP contribution in [0.15, 0.2) is 57.4 Å². The lowest BCUT2D eigenvalue weighted by Gasteiger charge is -2.15. The molecule has 0 radical (unpaired) electrons. The maximum Gasteiger partial charge on any atom is 0.134 e. The van der Waals surface area contributed by atoms with Gasteiger partial charge in [-0.3, -0.25) is 5.84 Å². The van der Waals surface area contributed by atoms with Gasteiger partial charge in [0.2, 0.25) is 0 Å². The van der Waals surface area contributed by atoms with E-state index in [1.807, 2.05) is 42.5 Å². The van der Waals surface area contributed by atoms with Gasteiger partial charge in [-0.2, -0.15) is 0 Å². The number of nitrogens with two attached hydrogens (primary N) is 1. The van der Waals surface area contributed by atoms with E-state index in [0.29, 0.717) is 0 Å². The fraction of sp³-hybridized carbons (Fsp3) is 0.0667. The molecule has 1 unspecified atom stereocenters. The average molecular weight is 443 g/mol. The van der Waals surface area contributed by atoms with Crippen molar-refractivity contribution in [3.63, 3.8) is 0 Å². The van der Waals surface area contributed by atoms with E-state index in [1.165, 1.54) is 0 Å². The van der Waals surface area contributed by atoms with Crippen LogP contribution in [0.1, 0.15) is 17.4 Å². The average Bonchev–Trinajstić information content (AvgIpc) is 2.87. The molecule has 0 saturated heterocycles. The minimum atomic E-state index is -0.188. The summed E-state index contributed by atoms with van der Waals surface area (Å²) in [5, 5.41) is 1.07. The quantitative estimate of drug-likeness (QED) is 0.360. The van der Waals surface area contributed by atoms with Crippen molar-refractivity contribution in [2.45, 2.75) is 6.04 Å². The SMILES string of the molecule is NNC(c1cc2ccccc2o1)c1cc(I)ccc1Br. The highest BCUT2D eigenvalue weighted by Crippen LogP contribution is 2.32. The minimum absolute atomic E-state index is 0.188. The maximum atomic E-state index is 5.90. The number of nitrogens with one attached hydrogen (secondary N) is 1. The maximum absolute atomic E-state index is 5.90. The number of fused-ring (bicyclic) bond motifs is 1. The molecule has 0 saturated carbocycles. The molecule has 0 fully saturated rings. The van der Waals surface area contributed by atoms with E-state index < -0.39 is 0 Å². The molecular formula is C15H12BrIN2O. The van der Waals surface area contributed by atoms with Crippen LogP contribution in [0.4, 0.5) is 0 Å². The first-order chi connectivity index (χ1) is 9.69. The Balaban J connectivity index is 2.11. The molecule has 1 aromatic heterocycles. The van der Waals surface area contributed by atoms with E-state index in [2.05, 4.69) is 50.0 Å². The summed E-state index contributed by atoms with van der Waals surface area (Å²) in [6, 6.07) is 15.9. The predicted molar refractivity (Wildman–Crippen MR) is 92.2 cm³/mol. The highest BCUT2D eigenvalue weighted by atomic mass is 127. The van der Waals surface area contributed by atoms with Crippen LogP contribution in [0.25, 0.3) is 11.0 Å². The van der Waals surface area contributed by atoms with Gasteiger partial charge in [0, 0.05) is 13.4 Å². The van der Waals surface area contributed by atoms with Crippen LogP contribution >= 0.6 is 38.5 Å². The number of hydrazine groups is 1. The number of furan rings is 1. The van der Waals surface area contributed by atoms with Gasteiger partial charge in [-0.05, 0) is 58.5 Å². The number of hydrogen-bond donors (Lipinski definition) is 2. The Bertz CT molecular complexity index is 723.